The van der Waals surface area contributed by atoms with Crippen molar-refractivity contribution in [2.75, 3.05) is 26.2 Å². The smallest absolute Gasteiger partial charge is 0.331 e. The molecular weight excluding hydrogens is 1190 g/mol. The first-order valence-electron chi connectivity index (χ1n) is 29.4. The number of benzene rings is 2. The summed E-state index contributed by atoms with van der Waals surface area (Å²) in [6.45, 7) is 5.17. The minimum absolute atomic E-state index is 0.166. The molecule has 5 heterocycles. The second-order valence-corrected chi connectivity index (χ2v) is 23.1. The number of carbonyl (C=O) groups is 12. The maximum Gasteiger partial charge on any atom is 0.331 e. The Balaban J connectivity index is 1.33. The molecule has 3 aliphatic heterocycles. The van der Waals surface area contributed by atoms with E-state index in [2.05, 4.69) is 47.2 Å². The maximum absolute atomic E-state index is 15.4. The van der Waals surface area contributed by atoms with Crippen LogP contribution in [0.1, 0.15) is 77.8 Å². The molecule has 7 rings (SSSR count). The van der Waals surface area contributed by atoms with E-state index in [0.29, 0.717) is 32.9 Å². The largest absolute Gasteiger partial charge is 0.481 e. The van der Waals surface area contributed by atoms with Crippen LogP contribution in [-0.4, -0.2) is 233 Å². The molecule has 2 aromatic carbocycles. The number of aliphatic hydroxyl groups excluding tert-OH is 5. The minimum Gasteiger partial charge on any atom is -0.481 e. The first kappa shape index (κ1) is 69.1. The fourth-order valence-electron chi connectivity index (χ4n) is 10.9. The number of carboxylic acids is 1. The summed E-state index contributed by atoms with van der Waals surface area (Å²) in [5, 5.41) is 84.7. The van der Waals surface area contributed by atoms with Gasteiger partial charge in [-0.15, -0.1) is 0 Å². The molecule has 3 aliphatic rings. The SMILES string of the molecule is CC1NC(=O)C(C(C)O)NC(=O)C(NC(=O)C(CO)NC(=O)C(N)CC(=O)O)C(C)OC(=O)C2C(O)CCN2C(=O)C(=Cc2c[nH]c3ccccc23)NC(=O)C(C(C)c2c[nH]c3ccccc23)NC(=O)C(C(O)C(C)C)NC(=O)C2C(O)CCN2C(=O)CNC1=O. The van der Waals surface area contributed by atoms with Gasteiger partial charge in [0.2, 0.25) is 53.2 Å². The van der Waals surface area contributed by atoms with Gasteiger partial charge in [0.15, 0.2) is 6.04 Å². The quantitative estimate of drug-likeness (QED) is 0.0440. The summed E-state index contributed by atoms with van der Waals surface area (Å²) in [7, 11) is 0. The normalized spacial score (nSPS) is 27.0. The molecule has 0 saturated carbocycles. The summed E-state index contributed by atoms with van der Waals surface area (Å²) in [4.78, 5) is 177. The summed E-state index contributed by atoms with van der Waals surface area (Å²) in [5.41, 5.74) is 7.08. The van der Waals surface area contributed by atoms with E-state index >= 15 is 9.59 Å². The minimum atomic E-state index is -2.19. The van der Waals surface area contributed by atoms with Crippen LogP contribution in [0.15, 0.2) is 66.6 Å². The lowest BCUT2D eigenvalue weighted by atomic mass is 9.91. The lowest BCUT2D eigenvalue weighted by Gasteiger charge is -2.33. The highest BCUT2D eigenvalue weighted by molar-refractivity contribution is 6.07. The van der Waals surface area contributed by atoms with Crippen molar-refractivity contribution in [2.24, 2.45) is 11.7 Å². The third-order valence-corrected chi connectivity index (χ3v) is 16.2. The number of aromatic amines is 2. The number of amides is 10. The standard InChI is InChI=1S/C59H77N13O19/c1-25(2)49(80)46-56(87)67-43(26(3)33-22-62-36-14-10-8-12-32(33)36)53(84)65-37(19-30-21-61-35-13-9-7-11-31(30)35)58(89)72-18-16-40(76)48(72)59(90)91-29(6)45(69-52(83)38(24-73)66-51(82)34(60)20-42(78)79)55(86)68-44(28(5)74)54(85)64-27(4)50(81)63-23-41(77)71-17-15-39(75)47(71)57(88)70-46/h7-14,19,21-22,25-29,34,38-40,43-49,61-62,73-76,80H,15-18,20,23-24,60H2,1-6H3,(H,63,81)(H,64,85)(H,65,84)(H,66,82)(H,67,87)(H,68,86)(H,69,83)(H,70,88)(H,78,79). The number of para-hydroxylation sites is 2. The Morgan fingerprint density at radius 3 is 1.93 bits per heavy atom. The van der Waals surface area contributed by atoms with Crippen LogP contribution < -0.4 is 48.3 Å². The number of ether oxygens (including phenoxy) is 1. The summed E-state index contributed by atoms with van der Waals surface area (Å²) < 4.78 is 5.75. The Labute approximate surface area is 519 Å². The van der Waals surface area contributed by atoms with Crippen molar-refractivity contribution in [3.63, 3.8) is 0 Å². The summed E-state index contributed by atoms with van der Waals surface area (Å²) >= 11 is 0. The van der Waals surface area contributed by atoms with Gasteiger partial charge < -0.3 is 103 Å². The van der Waals surface area contributed by atoms with Gasteiger partial charge in [0, 0.05) is 58.8 Å². The van der Waals surface area contributed by atoms with Crippen molar-refractivity contribution < 1.29 is 92.9 Å². The van der Waals surface area contributed by atoms with Gasteiger partial charge in [-0.3, -0.25) is 52.7 Å². The van der Waals surface area contributed by atoms with Gasteiger partial charge in [0.1, 0.15) is 54.1 Å². The molecule has 2 aromatic heterocycles. The van der Waals surface area contributed by atoms with Crippen LogP contribution >= 0.6 is 0 Å². The molecule has 4 aromatic rings. The molecule has 0 radical (unpaired) electrons. The molecule has 91 heavy (non-hydrogen) atoms. The topological polar surface area (TPSA) is 496 Å². The summed E-state index contributed by atoms with van der Waals surface area (Å²) in [6.07, 6.45) is -5.75. The third kappa shape index (κ3) is 16.2. The monoisotopic (exact) mass is 1270 g/mol. The molecule has 3 fully saturated rings. The number of hydrogen-bond donors (Lipinski definition) is 17. The van der Waals surface area contributed by atoms with E-state index in [1.54, 1.807) is 61.7 Å². The number of aliphatic hydroxyl groups is 5. The molecule has 10 amide bonds. The highest BCUT2D eigenvalue weighted by atomic mass is 16.5. The Morgan fingerprint density at radius 2 is 1.30 bits per heavy atom. The fraction of sp³-hybridized carbons (Fsp3) is 0.492. The molecule has 3 saturated heterocycles. The number of H-pyrrole nitrogens is 2. The molecule has 0 bridgehead atoms. The molecule has 0 spiro atoms. The number of nitrogens with two attached hydrogens (primary N) is 1. The van der Waals surface area contributed by atoms with Crippen molar-refractivity contribution in [3.05, 3.63) is 77.7 Å². The first-order chi connectivity index (χ1) is 43.0. The van der Waals surface area contributed by atoms with E-state index in [1.165, 1.54) is 26.1 Å². The lowest BCUT2D eigenvalue weighted by molar-refractivity contribution is -0.162. The van der Waals surface area contributed by atoms with Gasteiger partial charge in [-0.25, -0.2) is 4.79 Å². The molecule has 15 atom stereocenters. The first-order valence-corrected chi connectivity index (χ1v) is 29.4. The Hall–Kier alpha value is -9.34. The number of rotatable bonds is 13. The molecular formula is C59H77N13O19. The molecule has 0 aliphatic carbocycles. The van der Waals surface area contributed by atoms with Gasteiger partial charge in [-0.2, -0.15) is 0 Å². The number of nitrogens with zero attached hydrogens (tertiary/aromatic N) is 2. The number of cyclic esters (lactones) is 1. The summed E-state index contributed by atoms with van der Waals surface area (Å²) in [5.74, 6) is -16.5. The van der Waals surface area contributed by atoms with Crippen LogP contribution in [0.3, 0.4) is 0 Å². The second-order valence-electron chi connectivity index (χ2n) is 23.1. The van der Waals surface area contributed by atoms with Crippen molar-refractivity contribution in [1.82, 2.24) is 62.3 Å². The van der Waals surface area contributed by atoms with E-state index < -0.39 is 200 Å². The Bertz CT molecular complexity index is 3460. The van der Waals surface area contributed by atoms with E-state index in [0.717, 1.165) is 30.6 Å². The second kappa shape index (κ2) is 30.0. The van der Waals surface area contributed by atoms with Crippen LogP contribution in [0.4, 0.5) is 0 Å². The third-order valence-electron chi connectivity index (χ3n) is 16.2. The predicted octanol–water partition coefficient (Wildman–Crippen LogP) is -4.98. The van der Waals surface area contributed by atoms with Gasteiger partial charge in [-0.1, -0.05) is 57.2 Å². The number of nitrogens with one attached hydrogen (secondary N) is 10. The zero-order chi connectivity index (χ0) is 66.9. The lowest BCUT2D eigenvalue weighted by Crippen LogP contribution is -2.64. The van der Waals surface area contributed by atoms with Gasteiger partial charge in [0.25, 0.3) is 5.91 Å². The highest BCUT2D eigenvalue weighted by Gasteiger charge is 2.48. The van der Waals surface area contributed by atoms with Crippen LogP contribution in [0.2, 0.25) is 0 Å². The zero-order valence-corrected chi connectivity index (χ0v) is 50.5. The highest BCUT2D eigenvalue weighted by Crippen LogP contribution is 2.30. The van der Waals surface area contributed by atoms with Crippen molar-refractivity contribution >= 4 is 98.9 Å². The number of carboxylic acid groups (broad SMARTS) is 1. The molecule has 18 N–H and O–H groups in total. The van der Waals surface area contributed by atoms with Crippen LogP contribution in [0.5, 0.6) is 0 Å². The Morgan fingerprint density at radius 1 is 0.714 bits per heavy atom. The van der Waals surface area contributed by atoms with E-state index in [-0.39, 0.29) is 19.4 Å². The maximum atomic E-state index is 15.4. The molecule has 32 nitrogen and oxygen atoms in total. The summed E-state index contributed by atoms with van der Waals surface area (Å²) in [6, 6.07) is -3.00. The van der Waals surface area contributed by atoms with Crippen molar-refractivity contribution in [1.29, 1.82) is 0 Å². The average Bonchev–Trinajstić information content (AvgIpc) is 1.91. The van der Waals surface area contributed by atoms with E-state index in [9.17, 15) is 78.6 Å². The van der Waals surface area contributed by atoms with Gasteiger partial charge >= 0.3 is 11.9 Å². The van der Waals surface area contributed by atoms with E-state index in [1.807, 2.05) is 5.32 Å². The van der Waals surface area contributed by atoms with Crippen LogP contribution in [-0.2, 0) is 62.3 Å². The number of aliphatic carboxylic acids is 1. The molecule has 15 unspecified atom stereocenters. The number of hydrogen-bond acceptors (Lipinski definition) is 19. The Kier molecular flexibility index (Phi) is 22.8. The fourth-order valence-corrected chi connectivity index (χ4v) is 10.9. The van der Waals surface area contributed by atoms with E-state index in [4.69, 9.17) is 10.5 Å². The van der Waals surface area contributed by atoms with Gasteiger partial charge in [-0.05, 0) is 63.3 Å². The molecule has 492 valence electrons. The number of carbonyl (C=O) groups excluding carboxylic acids is 11. The number of aromatic nitrogens is 2. The van der Waals surface area contributed by atoms with Gasteiger partial charge in [0.05, 0.1) is 50.0 Å². The van der Waals surface area contributed by atoms with Crippen LogP contribution in [0, 0.1) is 5.92 Å². The average molecular weight is 1270 g/mol. The predicted molar refractivity (Wildman–Crippen MR) is 319 cm³/mol. The molecule has 32 heteroatoms. The number of fused-ring (bicyclic) bond motifs is 4. The zero-order valence-electron chi connectivity index (χ0n) is 50.5. The van der Waals surface area contributed by atoms with Crippen molar-refractivity contribution in [2.45, 2.75) is 152 Å². The van der Waals surface area contributed by atoms with Crippen LogP contribution in [0.25, 0.3) is 27.9 Å². The number of esters is 1. The van der Waals surface area contributed by atoms with Crippen molar-refractivity contribution in [3.8, 4) is 0 Å².